The average molecular weight is 312 g/mol. The van der Waals surface area contributed by atoms with Crippen LogP contribution >= 0.6 is 27.3 Å². The van der Waals surface area contributed by atoms with Gasteiger partial charge in [0.05, 0.1) is 17.0 Å². The first-order valence-electron chi connectivity index (χ1n) is 4.44. The summed E-state index contributed by atoms with van der Waals surface area (Å²) in [6.07, 6.45) is 0. The van der Waals surface area contributed by atoms with Crippen LogP contribution in [0.15, 0.2) is 20.1 Å². The van der Waals surface area contributed by atoms with Crippen molar-refractivity contribution in [2.45, 2.75) is 4.21 Å². The van der Waals surface area contributed by atoms with E-state index in [1.165, 1.54) is 15.6 Å². The van der Waals surface area contributed by atoms with Crippen molar-refractivity contribution in [3.05, 3.63) is 15.9 Å². The van der Waals surface area contributed by atoms with Crippen LogP contribution in [0.25, 0.3) is 0 Å². The van der Waals surface area contributed by atoms with E-state index in [0.29, 0.717) is 30.5 Å². The molecule has 1 aliphatic heterocycles. The van der Waals surface area contributed by atoms with E-state index in [-0.39, 0.29) is 0 Å². The third-order valence-corrected chi connectivity index (χ3v) is 6.10. The van der Waals surface area contributed by atoms with Crippen molar-refractivity contribution < 1.29 is 13.2 Å². The molecule has 0 aliphatic carbocycles. The maximum absolute atomic E-state index is 12.1. The lowest BCUT2D eigenvalue weighted by molar-refractivity contribution is 0.0731. The Labute approximate surface area is 101 Å². The fraction of sp³-hybridized carbons (Fsp3) is 0.500. The van der Waals surface area contributed by atoms with Gasteiger partial charge in [0.1, 0.15) is 4.21 Å². The minimum atomic E-state index is -3.30. The molecule has 4 nitrogen and oxygen atoms in total. The lowest BCUT2D eigenvalue weighted by atomic mass is 10.5. The van der Waals surface area contributed by atoms with Crippen LogP contribution in [0.2, 0.25) is 0 Å². The predicted octanol–water partition coefficient (Wildman–Crippen LogP) is 1.53. The van der Waals surface area contributed by atoms with E-state index in [0.717, 1.165) is 3.79 Å². The van der Waals surface area contributed by atoms with Gasteiger partial charge in [0, 0.05) is 13.1 Å². The molecule has 2 rings (SSSR count). The lowest BCUT2D eigenvalue weighted by Crippen LogP contribution is -2.40. The van der Waals surface area contributed by atoms with Crippen molar-refractivity contribution in [3.63, 3.8) is 0 Å². The highest BCUT2D eigenvalue weighted by molar-refractivity contribution is 9.11. The maximum atomic E-state index is 12.1. The van der Waals surface area contributed by atoms with Gasteiger partial charge in [-0.1, -0.05) is 0 Å². The molecule has 2 heterocycles. The number of morpholine rings is 1. The molecule has 0 spiro atoms. The summed E-state index contributed by atoms with van der Waals surface area (Å²) in [5.41, 5.74) is 0. The lowest BCUT2D eigenvalue weighted by Gasteiger charge is -2.25. The van der Waals surface area contributed by atoms with E-state index >= 15 is 0 Å². The zero-order valence-electron chi connectivity index (χ0n) is 7.85. The minimum absolute atomic E-state index is 0.385. The number of nitrogens with zero attached hydrogens (tertiary/aromatic N) is 1. The highest BCUT2D eigenvalue weighted by Crippen LogP contribution is 2.28. The molecular weight excluding hydrogens is 302 g/mol. The van der Waals surface area contributed by atoms with Gasteiger partial charge in [-0.15, -0.1) is 11.3 Å². The molecule has 1 aromatic heterocycles. The zero-order chi connectivity index (χ0) is 10.9. The summed E-state index contributed by atoms with van der Waals surface area (Å²) < 4.78 is 31.9. The van der Waals surface area contributed by atoms with Gasteiger partial charge >= 0.3 is 0 Å². The number of rotatable bonds is 2. The number of thiophene rings is 1. The van der Waals surface area contributed by atoms with Gasteiger partial charge in [-0.2, -0.15) is 4.31 Å². The van der Waals surface area contributed by atoms with Crippen LogP contribution in [0.1, 0.15) is 0 Å². The SMILES string of the molecule is O=S(=O)(c1ccc(Br)s1)N1CCOCC1. The van der Waals surface area contributed by atoms with Crippen molar-refractivity contribution in [2.24, 2.45) is 0 Å². The summed E-state index contributed by atoms with van der Waals surface area (Å²) >= 11 is 4.49. The summed E-state index contributed by atoms with van der Waals surface area (Å²) in [6.45, 7) is 1.84. The maximum Gasteiger partial charge on any atom is 0.252 e. The molecule has 15 heavy (non-hydrogen) atoms. The molecule has 0 N–H and O–H groups in total. The topological polar surface area (TPSA) is 46.6 Å². The molecule has 1 aliphatic rings. The number of ether oxygens (including phenoxy) is 1. The molecule has 0 unspecified atom stereocenters. The van der Waals surface area contributed by atoms with E-state index in [2.05, 4.69) is 15.9 Å². The third-order valence-electron chi connectivity index (χ3n) is 2.11. The van der Waals surface area contributed by atoms with Crippen molar-refractivity contribution >= 4 is 37.3 Å². The molecule has 7 heteroatoms. The van der Waals surface area contributed by atoms with E-state index in [9.17, 15) is 8.42 Å². The smallest absolute Gasteiger partial charge is 0.252 e. The fourth-order valence-electron chi connectivity index (χ4n) is 1.35. The Morgan fingerprint density at radius 3 is 2.53 bits per heavy atom. The van der Waals surface area contributed by atoms with Crippen molar-refractivity contribution in [1.29, 1.82) is 0 Å². The normalized spacial score (nSPS) is 19.3. The molecule has 1 aromatic rings. The molecule has 0 saturated carbocycles. The Hall–Kier alpha value is 0.0500. The number of hydrogen-bond donors (Lipinski definition) is 0. The molecule has 1 saturated heterocycles. The fourth-order valence-corrected chi connectivity index (χ4v) is 4.92. The number of hydrogen-bond acceptors (Lipinski definition) is 4. The van der Waals surface area contributed by atoms with Gasteiger partial charge in [-0.25, -0.2) is 8.42 Å². The van der Waals surface area contributed by atoms with E-state index < -0.39 is 10.0 Å². The summed E-state index contributed by atoms with van der Waals surface area (Å²) in [6, 6.07) is 3.37. The van der Waals surface area contributed by atoms with Crippen LogP contribution < -0.4 is 0 Å². The van der Waals surface area contributed by atoms with Crippen molar-refractivity contribution in [2.75, 3.05) is 26.3 Å². The van der Waals surface area contributed by atoms with E-state index in [4.69, 9.17) is 4.74 Å². The largest absolute Gasteiger partial charge is 0.379 e. The molecule has 0 amide bonds. The summed E-state index contributed by atoms with van der Waals surface area (Å²) in [7, 11) is -3.30. The Morgan fingerprint density at radius 2 is 2.00 bits per heavy atom. The second kappa shape index (κ2) is 4.50. The second-order valence-corrected chi connectivity index (χ2v) is 7.70. The van der Waals surface area contributed by atoms with Crippen molar-refractivity contribution in [3.8, 4) is 0 Å². The molecule has 0 bridgehead atoms. The van der Waals surface area contributed by atoms with Crippen LogP contribution in [-0.4, -0.2) is 39.0 Å². The molecule has 0 radical (unpaired) electrons. The summed E-state index contributed by atoms with van der Waals surface area (Å²) in [4.78, 5) is 0. The van der Waals surface area contributed by atoms with Crippen LogP contribution in [-0.2, 0) is 14.8 Å². The van der Waals surface area contributed by atoms with Gasteiger partial charge in [0.2, 0.25) is 0 Å². The van der Waals surface area contributed by atoms with Crippen LogP contribution in [0, 0.1) is 0 Å². The Bertz CT molecular complexity index is 436. The summed E-state index contributed by atoms with van der Waals surface area (Å²) in [5.74, 6) is 0. The minimum Gasteiger partial charge on any atom is -0.379 e. The van der Waals surface area contributed by atoms with Crippen LogP contribution in [0.4, 0.5) is 0 Å². The second-order valence-electron chi connectivity index (χ2n) is 3.08. The van der Waals surface area contributed by atoms with Gasteiger partial charge in [0.25, 0.3) is 10.0 Å². The van der Waals surface area contributed by atoms with Crippen LogP contribution in [0.3, 0.4) is 0 Å². The van der Waals surface area contributed by atoms with E-state index in [1.54, 1.807) is 12.1 Å². The van der Waals surface area contributed by atoms with Crippen LogP contribution in [0.5, 0.6) is 0 Å². The highest BCUT2D eigenvalue weighted by atomic mass is 79.9. The Morgan fingerprint density at radius 1 is 1.33 bits per heavy atom. The number of halogens is 1. The average Bonchev–Trinajstić information content (AvgIpc) is 2.67. The first-order valence-corrected chi connectivity index (χ1v) is 7.49. The molecule has 84 valence electrons. The van der Waals surface area contributed by atoms with Gasteiger partial charge in [-0.3, -0.25) is 0 Å². The third kappa shape index (κ3) is 2.42. The molecular formula is C8H10BrNO3S2. The zero-order valence-corrected chi connectivity index (χ0v) is 11.1. The predicted molar refractivity (Wildman–Crippen MR) is 61.6 cm³/mol. The number of sulfonamides is 1. The Balaban J connectivity index is 2.26. The Kier molecular flexibility index (Phi) is 3.46. The molecule has 0 atom stereocenters. The quantitative estimate of drug-likeness (QED) is 0.832. The van der Waals surface area contributed by atoms with Crippen molar-refractivity contribution in [1.82, 2.24) is 4.31 Å². The van der Waals surface area contributed by atoms with E-state index in [1.807, 2.05) is 0 Å². The summed E-state index contributed by atoms with van der Waals surface area (Å²) in [5, 5.41) is 0. The molecule has 0 aromatic carbocycles. The first kappa shape index (κ1) is 11.5. The standard InChI is InChI=1S/C8H10BrNO3S2/c9-7-1-2-8(14-7)15(11,12)10-3-5-13-6-4-10/h1-2H,3-6H2. The van der Waals surface area contributed by atoms with Gasteiger partial charge < -0.3 is 4.74 Å². The monoisotopic (exact) mass is 311 g/mol. The molecule has 1 fully saturated rings. The highest BCUT2D eigenvalue weighted by Gasteiger charge is 2.27. The van der Waals surface area contributed by atoms with Gasteiger partial charge in [0.15, 0.2) is 0 Å². The van der Waals surface area contributed by atoms with Gasteiger partial charge in [-0.05, 0) is 28.1 Å². The first-order chi connectivity index (χ1) is 7.10.